The molecule has 18 heavy (non-hydrogen) atoms. The van der Waals surface area contributed by atoms with Crippen LogP contribution >= 0.6 is 11.8 Å². The van der Waals surface area contributed by atoms with Crippen LogP contribution in [0.1, 0.15) is 19.1 Å². The molecule has 1 aliphatic heterocycles. The minimum atomic E-state index is -0.0326. The van der Waals surface area contributed by atoms with Gasteiger partial charge >= 0.3 is 0 Å². The Hall–Kier alpha value is -0.940. The Morgan fingerprint density at radius 2 is 2.61 bits per heavy atom. The molecule has 4 nitrogen and oxygen atoms in total. The Labute approximate surface area is 112 Å². The smallest absolute Gasteiger partial charge is 0.238 e. The van der Waals surface area contributed by atoms with Crippen LogP contribution in [-0.2, 0) is 11.2 Å². The summed E-state index contributed by atoms with van der Waals surface area (Å²) in [6.07, 6.45) is 3.45. The SMILES string of the molecule is CC(CCc1ccco1)NC(=O)C1CSCCN1. The van der Waals surface area contributed by atoms with Gasteiger partial charge in [0.15, 0.2) is 0 Å². The van der Waals surface area contributed by atoms with Crippen LogP contribution in [0, 0.1) is 0 Å². The molecule has 1 fully saturated rings. The van der Waals surface area contributed by atoms with E-state index in [9.17, 15) is 4.79 Å². The summed E-state index contributed by atoms with van der Waals surface area (Å²) in [4.78, 5) is 12.0. The maximum atomic E-state index is 12.0. The molecule has 1 aliphatic rings. The van der Waals surface area contributed by atoms with Gasteiger partial charge in [0.05, 0.1) is 12.3 Å². The number of amides is 1. The second kappa shape index (κ2) is 6.85. The second-order valence-corrected chi connectivity index (χ2v) is 5.76. The highest BCUT2D eigenvalue weighted by Crippen LogP contribution is 2.09. The van der Waals surface area contributed by atoms with Crippen LogP contribution in [-0.4, -0.2) is 36.0 Å². The van der Waals surface area contributed by atoms with Crippen LogP contribution in [0.2, 0.25) is 0 Å². The predicted octanol–water partition coefficient (Wildman–Crippen LogP) is 1.42. The van der Waals surface area contributed by atoms with E-state index in [4.69, 9.17) is 4.42 Å². The van der Waals surface area contributed by atoms with Gasteiger partial charge in [-0.2, -0.15) is 11.8 Å². The minimum absolute atomic E-state index is 0.0326. The van der Waals surface area contributed by atoms with E-state index >= 15 is 0 Å². The highest BCUT2D eigenvalue weighted by Gasteiger charge is 2.21. The molecule has 2 heterocycles. The Morgan fingerprint density at radius 1 is 1.72 bits per heavy atom. The van der Waals surface area contributed by atoms with E-state index in [1.54, 1.807) is 6.26 Å². The summed E-state index contributed by atoms with van der Waals surface area (Å²) in [5, 5.41) is 6.30. The second-order valence-electron chi connectivity index (χ2n) is 4.61. The first-order valence-corrected chi connectivity index (χ1v) is 7.55. The number of aryl methyl sites for hydroxylation is 1. The minimum Gasteiger partial charge on any atom is -0.469 e. The molecule has 2 N–H and O–H groups in total. The molecule has 2 rings (SSSR count). The third-order valence-electron chi connectivity index (χ3n) is 3.03. The van der Waals surface area contributed by atoms with Crippen molar-refractivity contribution in [3.8, 4) is 0 Å². The van der Waals surface area contributed by atoms with Gasteiger partial charge in [-0.15, -0.1) is 0 Å². The number of carbonyl (C=O) groups excluding carboxylic acids is 1. The number of carbonyl (C=O) groups is 1. The maximum absolute atomic E-state index is 12.0. The van der Waals surface area contributed by atoms with Gasteiger partial charge in [-0.05, 0) is 25.5 Å². The average molecular weight is 268 g/mol. The van der Waals surface area contributed by atoms with Gasteiger partial charge in [0.25, 0.3) is 0 Å². The molecule has 0 saturated carbocycles. The fourth-order valence-corrected chi connectivity index (χ4v) is 2.90. The Balaban J connectivity index is 1.69. The van der Waals surface area contributed by atoms with Gasteiger partial charge in [-0.3, -0.25) is 4.79 Å². The number of thioether (sulfide) groups is 1. The molecule has 0 bridgehead atoms. The molecule has 0 spiro atoms. The first kappa shape index (κ1) is 13.5. The van der Waals surface area contributed by atoms with Crippen molar-refractivity contribution < 1.29 is 9.21 Å². The maximum Gasteiger partial charge on any atom is 0.238 e. The molecule has 1 aromatic heterocycles. The van der Waals surface area contributed by atoms with Gasteiger partial charge in [-0.25, -0.2) is 0 Å². The van der Waals surface area contributed by atoms with Crippen LogP contribution < -0.4 is 10.6 Å². The van der Waals surface area contributed by atoms with Gasteiger partial charge in [0.1, 0.15) is 5.76 Å². The molecule has 1 saturated heterocycles. The Morgan fingerprint density at radius 3 is 3.28 bits per heavy atom. The molecule has 0 radical (unpaired) electrons. The molecule has 2 unspecified atom stereocenters. The zero-order valence-corrected chi connectivity index (χ0v) is 11.5. The van der Waals surface area contributed by atoms with Gasteiger partial charge in [0.2, 0.25) is 5.91 Å². The molecular formula is C13H20N2O2S. The zero-order valence-electron chi connectivity index (χ0n) is 10.6. The summed E-state index contributed by atoms with van der Waals surface area (Å²) < 4.78 is 5.28. The van der Waals surface area contributed by atoms with Crippen molar-refractivity contribution in [2.75, 3.05) is 18.1 Å². The molecule has 1 amide bonds. The average Bonchev–Trinajstić information content (AvgIpc) is 2.90. The van der Waals surface area contributed by atoms with Gasteiger partial charge < -0.3 is 15.1 Å². The van der Waals surface area contributed by atoms with E-state index in [0.717, 1.165) is 36.7 Å². The highest BCUT2D eigenvalue weighted by molar-refractivity contribution is 7.99. The van der Waals surface area contributed by atoms with E-state index in [0.29, 0.717) is 0 Å². The van der Waals surface area contributed by atoms with Crippen molar-refractivity contribution in [2.45, 2.75) is 31.8 Å². The standard InChI is InChI=1S/C13H20N2O2S/c1-10(4-5-11-3-2-7-17-11)15-13(16)12-9-18-8-6-14-12/h2-3,7,10,12,14H,4-6,8-9H2,1H3,(H,15,16). The first-order valence-electron chi connectivity index (χ1n) is 6.39. The van der Waals surface area contributed by atoms with E-state index < -0.39 is 0 Å². The summed E-state index contributed by atoms with van der Waals surface area (Å²) >= 11 is 1.83. The van der Waals surface area contributed by atoms with Crippen LogP contribution in [0.15, 0.2) is 22.8 Å². The quantitative estimate of drug-likeness (QED) is 0.848. The van der Waals surface area contributed by atoms with E-state index in [1.807, 2.05) is 30.8 Å². The summed E-state index contributed by atoms with van der Waals surface area (Å²) in [5.41, 5.74) is 0. The highest BCUT2D eigenvalue weighted by atomic mass is 32.2. The van der Waals surface area contributed by atoms with Crippen molar-refractivity contribution in [1.29, 1.82) is 0 Å². The van der Waals surface area contributed by atoms with Crippen LogP contribution in [0.3, 0.4) is 0 Å². The number of nitrogens with one attached hydrogen (secondary N) is 2. The molecule has 5 heteroatoms. The van der Waals surface area contributed by atoms with E-state index in [2.05, 4.69) is 10.6 Å². The van der Waals surface area contributed by atoms with Crippen LogP contribution in [0.25, 0.3) is 0 Å². The molecule has 0 aromatic carbocycles. The summed E-state index contributed by atoms with van der Waals surface area (Å²) in [7, 11) is 0. The van der Waals surface area contributed by atoms with Crippen molar-refractivity contribution in [3.63, 3.8) is 0 Å². The van der Waals surface area contributed by atoms with Crippen LogP contribution in [0.4, 0.5) is 0 Å². The van der Waals surface area contributed by atoms with E-state index in [-0.39, 0.29) is 18.0 Å². The molecule has 100 valence electrons. The van der Waals surface area contributed by atoms with Crippen molar-refractivity contribution in [1.82, 2.24) is 10.6 Å². The third-order valence-corrected chi connectivity index (χ3v) is 4.09. The van der Waals surface area contributed by atoms with Crippen molar-refractivity contribution >= 4 is 17.7 Å². The lowest BCUT2D eigenvalue weighted by molar-refractivity contribution is -0.123. The number of furan rings is 1. The number of hydrogen-bond acceptors (Lipinski definition) is 4. The van der Waals surface area contributed by atoms with Crippen molar-refractivity contribution in [2.24, 2.45) is 0 Å². The predicted molar refractivity (Wildman–Crippen MR) is 73.7 cm³/mol. The largest absolute Gasteiger partial charge is 0.469 e. The lowest BCUT2D eigenvalue weighted by atomic mass is 10.1. The van der Waals surface area contributed by atoms with Crippen LogP contribution in [0.5, 0.6) is 0 Å². The fraction of sp³-hybridized carbons (Fsp3) is 0.615. The third kappa shape index (κ3) is 4.07. The normalized spacial score (nSPS) is 21.5. The van der Waals surface area contributed by atoms with Gasteiger partial charge in [-0.1, -0.05) is 0 Å². The fourth-order valence-electron chi connectivity index (χ4n) is 1.96. The topological polar surface area (TPSA) is 54.3 Å². The number of rotatable bonds is 5. The first-order chi connectivity index (χ1) is 8.75. The molecule has 0 aliphatic carbocycles. The van der Waals surface area contributed by atoms with E-state index in [1.165, 1.54) is 0 Å². The Kier molecular flexibility index (Phi) is 5.13. The Bertz CT molecular complexity index is 361. The number of hydrogen-bond donors (Lipinski definition) is 2. The van der Waals surface area contributed by atoms with Crippen molar-refractivity contribution in [3.05, 3.63) is 24.2 Å². The summed E-state index contributed by atoms with van der Waals surface area (Å²) in [5.74, 6) is 3.06. The molecule has 1 aromatic rings. The molecule has 2 atom stereocenters. The summed E-state index contributed by atoms with van der Waals surface area (Å²) in [6, 6.07) is 4.00. The van der Waals surface area contributed by atoms with Gasteiger partial charge in [0, 0.05) is 30.5 Å². The monoisotopic (exact) mass is 268 g/mol. The molecular weight excluding hydrogens is 248 g/mol. The lowest BCUT2D eigenvalue weighted by Crippen LogP contribution is -2.51. The summed E-state index contributed by atoms with van der Waals surface area (Å²) in [6.45, 7) is 2.96. The zero-order chi connectivity index (χ0) is 12.8. The lowest BCUT2D eigenvalue weighted by Gasteiger charge is -2.24.